The number of benzene rings is 2. The zero-order valence-corrected chi connectivity index (χ0v) is 15.1. The number of hydrogen-bond acceptors (Lipinski definition) is 4. The summed E-state index contributed by atoms with van der Waals surface area (Å²) in [6.07, 6.45) is 0. The number of halogens is 2. The van der Waals surface area contributed by atoms with E-state index in [1.165, 1.54) is 0 Å². The summed E-state index contributed by atoms with van der Waals surface area (Å²) >= 11 is 0. The Labute approximate surface area is 158 Å². The van der Waals surface area contributed by atoms with Crippen LogP contribution in [0.1, 0.15) is 22.8 Å². The van der Waals surface area contributed by atoms with E-state index in [1.54, 1.807) is 43.3 Å². The number of amides is 1. The standard InChI is InChI=1S/C16H18N6O.2ClH/c1-10(21-22-16(18)19)11-4-8-14(9-5-11)20-15(23)12-2-6-13(17)7-3-12;;/h2-9H,17H2,1H3,(H,20,23)(H4,18,19,22);2*1H. The van der Waals surface area contributed by atoms with Crippen molar-refractivity contribution in [3.05, 3.63) is 59.7 Å². The minimum Gasteiger partial charge on any atom is -0.399 e. The Morgan fingerprint density at radius 1 is 0.880 bits per heavy atom. The van der Waals surface area contributed by atoms with Gasteiger partial charge in [0, 0.05) is 16.9 Å². The number of hydrogen-bond donors (Lipinski definition) is 4. The number of carbonyl (C=O) groups is 1. The van der Waals surface area contributed by atoms with Crippen LogP contribution in [-0.4, -0.2) is 17.6 Å². The lowest BCUT2D eigenvalue weighted by molar-refractivity contribution is 0.102. The maximum Gasteiger partial charge on any atom is 0.255 e. The fourth-order valence-corrected chi connectivity index (χ4v) is 1.82. The molecule has 0 heterocycles. The van der Waals surface area contributed by atoms with Crippen molar-refractivity contribution < 1.29 is 4.79 Å². The summed E-state index contributed by atoms with van der Waals surface area (Å²) in [5.74, 6) is -0.305. The monoisotopic (exact) mass is 382 g/mol. The zero-order valence-electron chi connectivity index (χ0n) is 13.5. The van der Waals surface area contributed by atoms with Gasteiger partial charge >= 0.3 is 0 Å². The third-order valence-corrected chi connectivity index (χ3v) is 3.05. The molecule has 134 valence electrons. The van der Waals surface area contributed by atoms with E-state index in [2.05, 4.69) is 15.5 Å². The zero-order chi connectivity index (χ0) is 16.8. The third kappa shape index (κ3) is 6.70. The highest BCUT2D eigenvalue weighted by Gasteiger charge is 2.06. The van der Waals surface area contributed by atoms with Crippen LogP contribution in [0, 0.1) is 0 Å². The van der Waals surface area contributed by atoms with E-state index in [1.807, 2.05) is 12.1 Å². The molecule has 2 rings (SSSR count). The molecule has 0 aromatic heterocycles. The largest absolute Gasteiger partial charge is 0.399 e. The number of nitrogens with two attached hydrogens (primary N) is 3. The first kappa shape index (κ1) is 22.2. The van der Waals surface area contributed by atoms with Gasteiger partial charge in [-0.2, -0.15) is 5.10 Å². The molecular weight excluding hydrogens is 363 g/mol. The molecule has 25 heavy (non-hydrogen) atoms. The molecule has 2 aromatic rings. The van der Waals surface area contributed by atoms with Gasteiger partial charge in [-0.25, -0.2) is 0 Å². The van der Waals surface area contributed by atoms with Gasteiger partial charge in [-0.1, -0.05) is 12.1 Å². The van der Waals surface area contributed by atoms with Crippen LogP contribution in [-0.2, 0) is 0 Å². The topological polar surface area (TPSA) is 132 Å². The van der Waals surface area contributed by atoms with Crippen LogP contribution in [0.4, 0.5) is 11.4 Å². The van der Waals surface area contributed by atoms with E-state index in [0.29, 0.717) is 22.6 Å². The number of nitrogens with zero attached hydrogens (tertiary/aromatic N) is 2. The average molecular weight is 383 g/mol. The average Bonchev–Trinajstić information content (AvgIpc) is 2.54. The molecule has 0 spiro atoms. The van der Waals surface area contributed by atoms with Crippen molar-refractivity contribution in [1.29, 1.82) is 0 Å². The van der Waals surface area contributed by atoms with Crippen LogP contribution in [0.3, 0.4) is 0 Å². The van der Waals surface area contributed by atoms with Crippen molar-refractivity contribution >= 4 is 53.8 Å². The second kappa shape index (κ2) is 10.2. The van der Waals surface area contributed by atoms with Crippen molar-refractivity contribution in [2.45, 2.75) is 6.92 Å². The predicted molar refractivity (Wildman–Crippen MR) is 108 cm³/mol. The Balaban J connectivity index is 0.00000288. The first-order valence-corrected chi connectivity index (χ1v) is 6.86. The lowest BCUT2D eigenvalue weighted by Crippen LogP contribution is -2.22. The number of nitrogen functional groups attached to an aromatic ring is 1. The second-order valence-electron chi connectivity index (χ2n) is 4.86. The highest BCUT2D eigenvalue weighted by atomic mass is 35.5. The molecule has 7 N–H and O–H groups in total. The van der Waals surface area contributed by atoms with Gasteiger partial charge in [0.1, 0.15) is 0 Å². The van der Waals surface area contributed by atoms with Gasteiger partial charge in [0.15, 0.2) is 0 Å². The second-order valence-corrected chi connectivity index (χ2v) is 4.86. The molecule has 0 aliphatic carbocycles. The summed E-state index contributed by atoms with van der Waals surface area (Å²) in [5.41, 5.74) is 19.4. The maximum atomic E-state index is 12.1. The Kier molecular flexibility index (Phi) is 9.04. The third-order valence-electron chi connectivity index (χ3n) is 3.05. The van der Waals surface area contributed by atoms with Gasteiger partial charge in [0.05, 0.1) is 5.71 Å². The van der Waals surface area contributed by atoms with Crippen molar-refractivity contribution in [2.24, 2.45) is 21.7 Å². The van der Waals surface area contributed by atoms with Crippen molar-refractivity contribution in [3.8, 4) is 0 Å². The van der Waals surface area contributed by atoms with Crippen LogP contribution >= 0.6 is 24.8 Å². The molecule has 9 heteroatoms. The number of carbonyl (C=O) groups excluding carboxylic acids is 1. The first-order valence-electron chi connectivity index (χ1n) is 6.86. The van der Waals surface area contributed by atoms with Gasteiger partial charge < -0.3 is 22.5 Å². The maximum absolute atomic E-state index is 12.1. The molecule has 0 saturated carbocycles. The Morgan fingerprint density at radius 3 is 1.92 bits per heavy atom. The molecule has 0 unspecified atom stereocenters. The fourth-order valence-electron chi connectivity index (χ4n) is 1.82. The van der Waals surface area contributed by atoms with Gasteiger partial charge in [0.25, 0.3) is 5.91 Å². The lowest BCUT2D eigenvalue weighted by Gasteiger charge is -2.06. The minimum atomic E-state index is -0.205. The SMILES string of the molecule is CC(=NN=C(N)N)c1ccc(NC(=O)c2ccc(N)cc2)cc1.Cl.Cl. The van der Waals surface area contributed by atoms with E-state index in [0.717, 1.165) is 5.56 Å². The van der Waals surface area contributed by atoms with Gasteiger partial charge in [-0.05, 0) is 48.9 Å². The number of nitrogens with one attached hydrogen (secondary N) is 1. The quantitative estimate of drug-likeness (QED) is 0.279. The van der Waals surface area contributed by atoms with Crippen LogP contribution in [0.2, 0.25) is 0 Å². The summed E-state index contributed by atoms with van der Waals surface area (Å²) < 4.78 is 0. The lowest BCUT2D eigenvalue weighted by atomic mass is 10.1. The molecular formula is C16H20Cl2N6O. The molecule has 0 bridgehead atoms. The Morgan fingerprint density at radius 2 is 1.40 bits per heavy atom. The van der Waals surface area contributed by atoms with Crippen LogP contribution in [0.5, 0.6) is 0 Å². The van der Waals surface area contributed by atoms with Crippen LogP contribution in [0.15, 0.2) is 58.7 Å². The normalized spacial score (nSPS) is 10.0. The van der Waals surface area contributed by atoms with Crippen LogP contribution in [0.25, 0.3) is 0 Å². The first-order chi connectivity index (χ1) is 11.0. The van der Waals surface area contributed by atoms with E-state index < -0.39 is 0 Å². The smallest absolute Gasteiger partial charge is 0.255 e. The summed E-state index contributed by atoms with van der Waals surface area (Å²) in [6.45, 7) is 1.79. The summed E-state index contributed by atoms with van der Waals surface area (Å²) in [4.78, 5) is 12.1. The molecule has 0 aliphatic heterocycles. The van der Waals surface area contributed by atoms with Crippen molar-refractivity contribution in [3.63, 3.8) is 0 Å². The van der Waals surface area contributed by atoms with Crippen molar-refractivity contribution in [2.75, 3.05) is 11.1 Å². The molecule has 2 aromatic carbocycles. The molecule has 0 fully saturated rings. The Hall–Kier alpha value is -2.77. The highest BCUT2D eigenvalue weighted by molar-refractivity contribution is 6.05. The molecule has 0 saturated heterocycles. The molecule has 7 nitrogen and oxygen atoms in total. The Bertz CT molecular complexity index is 753. The summed E-state index contributed by atoms with van der Waals surface area (Å²) in [5, 5.41) is 10.3. The van der Waals surface area contributed by atoms with E-state index in [4.69, 9.17) is 17.2 Å². The summed E-state index contributed by atoms with van der Waals surface area (Å²) in [6, 6.07) is 13.9. The highest BCUT2D eigenvalue weighted by Crippen LogP contribution is 2.13. The van der Waals surface area contributed by atoms with E-state index in [-0.39, 0.29) is 36.7 Å². The molecule has 0 radical (unpaired) electrons. The van der Waals surface area contributed by atoms with Gasteiger partial charge in [0.2, 0.25) is 5.96 Å². The van der Waals surface area contributed by atoms with Gasteiger partial charge in [-0.3, -0.25) is 4.79 Å². The molecule has 0 atom stereocenters. The predicted octanol–water partition coefficient (Wildman–Crippen LogP) is 2.36. The summed E-state index contributed by atoms with van der Waals surface area (Å²) in [7, 11) is 0. The molecule has 1 amide bonds. The van der Waals surface area contributed by atoms with Gasteiger partial charge in [-0.15, -0.1) is 29.9 Å². The fraction of sp³-hybridized carbons (Fsp3) is 0.0625. The van der Waals surface area contributed by atoms with E-state index >= 15 is 0 Å². The number of anilines is 2. The molecule has 0 aliphatic rings. The number of guanidine groups is 1. The minimum absolute atomic E-state index is 0. The van der Waals surface area contributed by atoms with Crippen LogP contribution < -0.4 is 22.5 Å². The number of rotatable bonds is 4. The van der Waals surface area contributed by atoms with Crippen molar-refractivity contribution in [1.82, 2.24) is 0 Å². The van der Waals surface area contributed by atoms with E-state index in [9.17, 15) is 4.79 Å².